The van der Waals surface area contributed by atoms with E-state index in [1.54, 1.807) is 23.2 Å². The maximum absolute atomic E-state index is 10.6. The Balaban J connectivity index is 2.69. The number of thiophene rings is 1. The van der Waals surface area contributed by atoms with Crippen LogP contribution in [0.4, 0.5) is 0 Å². The molecule has 0 saturated heterocycles. The minimum Gasteiger partial charge on any atom is -0.477 e. The summed E-state index contributed by atoms with van der Waals surface area (Å²) < 4.78 is 1.69. The van der Waals surface area contributed by atoms with Gasteiger partial charge in [0.25, 0.3) is 0 Å². The molecular formula is C8H6N2O2S. The Morgan fingerprint density at radius 1 is 1.77 bits per heavy atom. The van der Waals surface area contributed by atoms with Crippen LogP contribution in [0.15, 0.2) is 19.0 Å². The van der Waals surface area contributed by atoms with Crippen LogP contribution in [0.1, 0.15) is 9.67 Å². The number of hydrogen-bond donors (Lipinski definition) is 1. The minimum absolute atomic E-state index is 0.300. The first-order valence-electron chi connectivity index (χ1n) is 3.54. The second-order valence-corrected chi connectivity index (χ2v) is 3.47. The molecular weight excluding hydrogens is 188 g/mol. The van der Waals surface area contributed by atoms with Gasteiger partial charge in [0.05, 0.1) is 5.52 Å². The molecule has 66 valence electrons. The molecule has 0 aromatic carbocycles. The van der Waals surface area contributed by atoms with E-state index in [9.17, 15) is 4.79 Å². The fourth-order valence-electron chi connectivity index (χ4n) is 1.08. The van der Waals surface area contributed by atoms with Crippen LogP contribution >= 0.6 is 11.3 Å². The number of fused-ring (bicyclic) bond motifs is 1. The van der Waals surface area contributed by atoms with Crippen LogP contribution in [0.3, 0.4) is 0 Å². The lowest BCUT2D eigenvalue weighted by molar-refractivity contribution is 0.0702. The average Bonchev–Trinajstić information content (AvgIpc) is 2.60. The largest absolute Gasteiger partial charge is 0.477 e. The molecule has 0 amide bonds. The lowest BCUT2D eigenvalue weighted by Gasteiger charge is -1.88. The van der Waals surface area contributed by atoms with Gasteiger partial charge in [-0.25, -0.2) is 9.78 Å². The van der Waals surface area contributed by atoms with Crippen molar-refractivity contribution in [2.24, 2.45) is 0 Å². The predicted molar refractivity (Wildman–Crippen MR) is 51.0 cm³/mol. The molecule has 0 atom stereocenters. The Bertz CT molecular complexity index is 483. The third-order valence-electron chi connectivity index (χ3n) is 1.68. The maximum Gasteiger partial charge on any atom is 0.346 e. The second-order valence-electron chi connectivity index (χ2n) is 2.44. The summed E-state index contributed by atoms with van der Waals surface area (Å²) >= 11 is 1.16. The zero-order valence-electron chi connectivity index (χ0n) is 6.60. The number of rotatable bonds is 2. The van der Waals surface area contributed by atoms with E-state index in [2.05, 4.69) is 11.6 Å². The summed E-state index contributed by atoms with van der Waals surface area (Å²) in [4.78, 5) is 15.7. The molecule has 0 radical (unpaired) electrons. The van der Waals surface area contributed by atoms with Gasteiger partial charge in [-0.2, -0.15) is 0 Å². The molecule has 4 nitrogen and oxygen atoms in total. The van der Waals surface area contributed by atoms with Gasteiger partial charge in [0, 0.05) is 6.20 Å². The van der Waals surface area contributed by atoms with Gasteiger partial charge in [-0.15, -0.1) is 11.3 Å². The van der Waals surface area contributed by atoms with Gasteiger partial charge in [-0.05, 0) is 6.07 Å². The SMILES string of the molecule is C=Cn1cnc2sc(C(=O)O)cc21. The van der Waals surface area contributed by atoms with Crippen molar-refractivity contribution < 1.29 is 9.90 Å². The molecule has 2 aromatic rings. The molecule has 0 bridgehead atoms. The Kier molecular flexibility index (Phi) is 1.66. The van der Waals surface area contributed by atoms with Gasteiger partial charge in [0.2, 0.25) is 0 Å². The number of nitrogens with zero attached hydrogens (tertiary/aromatic N) is 2. The van der Waals surface area contributed by atoms with E-state index in [4.69, 9.17) is 5.11 Å². The summed E-state index contributed by atoms with van der Waals surface area (Å²) in [5.41, 5.74) is 0.789. The van der Waals surface area contributed by atoms with Gasteiger partial charge >= 0.3 is 5.97 Å². The first-order chi connectivity index (χ1) is 6.22. The van der Waals surface area contributed by atoms with Crippen LogP contribution in [-0.4, -0.2) is 20.6 Å². The molecule has 0 aliphatic rings. The quantitative estimate of drug-likeness (QED) is 0.794. The van der Waals surface area contributed by atoms with Crippen LogP contribution in [-0.2, 0) is 0 Å². The molecule has 0 aliphatic carbocycles. The summed E-state index contributed by atoms with van der Waals surface area (Å²) in [6.45, 7) is 3.59. The van der Waals surface area contributed by atoms with Crippen molar-refractivity contribution in [3.05, 3.63) is 23.8 Å². The average molecular weight is 194 g/mol. The highest BCUT2D eigenvalue weighted by molar-refractivity contribution is 7.20. The smallest absolute Gasteiger partial charge is 0.346 e. The zero-order chi connectivity index (χ0) is 9.42. The van der Waals surface area contributed by atoms with E-state index < -0.39 is 5.97 Å². The van der Waals surface area contributed by atoms with Crippen LogP contribution in [0.5, 0.6) is 0 Å². The summed E-state index contributed by atoms with van der Waals surface area (Å²) in [6.07, 6.45) is 3.20. The zero-order valence-corrected chi connectivity index (χ0v) is 7.41. The van der Waals surface area contributed by atoms with Gasteiger partial charge in [0.1, 0.15) is 16.0 Å². The number of aromatic carboxylic acids is 1. The van der Waals surface area contributed by atoms with Crippen LogP contribution in [0.2, 0.25) is 0 Å². The van der Waals surface area contributed by atoms with E-state index >= 15 is 0 Å². The fraction of sp³-hybridized carbons (Fsp3) is 0. The molecule has 5 heteroatoms. The predicted octanol–water partition coefficient (Wildman–Crippen LogP) is 1.90. The topological polar surface area (TPSA) is 55.1 Å². The van der Waals surface area contributed by atoms with Crippen molar-refractivity contribution >= 4 is 33.9 Å². The molecule has 0 aliphatic heterocycles. The summed E-state index contributed by atoms with van der Waals surface area (Å²) in [7, 11) is 0. The van der Waals surface area contributed by atoms with E-state index in [1.807, 2.05) is 0 Å². The van der Waals surface area contributed by atoms with E-state index in [0.29, 0.717) is 4.88 Å². The normalized spacial score (nSPS) is 10.5. The van der Waals surface area contributed by atoms with Gasteiger partial charge < -0.3 is 9.67 Å². The third-order valence-corrected chi connectivity index (χ3v) is 2.70. The number of aromatic nitrogens is 2. The molecule has 2 heterocycles. The molecule has 0 saturated carbocycles. The summed E-state index contributed by atoms with van der Waals surface area (Å²) in [5, 5.41) is 8.72. The Morgan fingerprint density at radius 3 is 3.15 bits per heavy atom. The number of imidazole rings is 1. The standard InChI is InChI=1S/C8H6N2O2S/c1-2-10-4-9-7-5(10)3-6(13-7)8(11)12/h2-4H,1H2,(H,11,12). The summed E-state index contributed by atoms with van der Waals surface area (Å²) in [5.74, 6) is -0.918. The molecule has 2 rings (SSSR count). The number of hydrogen-bond acceptors (Lipinski definition) is 3. The van der Waals surface area contributed by atoms with Crippen LogP contribution in [0.25, 0.3) is 16.5 Å². The minimum atomic E-state index is -0.918. The molecule has 0 unspecified atom stereocenters. The third kappa shape index (κ3) is 1.13. The van der Waals surface area contributed by atoms with Gasteiger partial charge in [-0.1, -0.05) is 6.58 Å². The highest BCUT2D eigenvalue weighted by Crippen LogP contribution is 2.24. The second kappa shape index (κ2) is 2.70. The number of carboxylic acid groups (broad SMARTS) is 1. The lowest BCUT2D eigenvalue weighted by Crippen LogP contribution is -1.90. The van der Waals surface area contributed by atoms with Crippen molar-refractivity contribution in [3.63, 3.8) is 0 Å². The Morgan fingerprint density at radius 2 is 2.54 bits per heavy atom. The number of carboxylic acids is 1. The monoisotopic (exact) mass is 194 g/mol. The van der Waals surface area contributed by atoms with Crippen molar-refractivity contribution in [1.29, 1.82) is 0 Å². The van der Waals surface area contributed by atoms with Crippen molar-refractivity contribution in [3.8, 4) is 0 Å². The first kappa shape index (κ1) is 8.00. The van der Waals surface area contributed by atoms with Crippen LogP contribution < -0.4 is 0 Å². The lowest BCUT2D eigenvalue weighted by atomic mass is 10.4. The van der Waals surface area contributed by atoms with E-state index in [1.165, 1.54) is 0 Å². The molecule has 0 spiro atoms. The number of carbonyl (C=O) groups is 1. The van der Waals surface area contributed by atoms with Crippen molar-refractivity contribution in [1.82, 2.24) is 9.55 Å². The van der Waals surface area contributed by atoms with E-state index in [0.717, 1.165) is 21.7 Å². The van der Waals surface area contributed by atoms with Crippen LogP contribution in [0, 0.1) is 0 Å². The molecule has 2 aromatic heterocycles. The molecule has 0 fully saturated rings. The Hall–Kier alpha value is -1.62. The maximum atomic E-state index is 10.6. The highest BCUT2D eigenvalue weighted by atomic mass is 32.1. The van der Waals surface area contributed by atoms with Gasteiger partial charge in [0.15, 0.2) is 0 Å². The highest BCUT2D eigenvalue weighted by Gasteiger charge is 2.11. The van der Waals surface area contributed by atoms with Crippen molar-refractivity contribution in [2.75, 3.05) is 0 Å². The van der Waals surface area contributed by atoms with E-state index in [-0.39, 0.29) is 0 Å². The molecule has 13 heavy (non-hydrogen) atoms. The fourth-order valence-corrected chi connectivity index (χ4v) is 1.91. The molecule has 1 N–H and O–H groups in total. The van der Waals surface area contributed by atoms with Gasteiger partial charge in [-0.3, -0.25) is 0 Å². The van der Waals surface area contributed by atoms with Crippen molar-refractivity contribution in [2.45, 2.75) is 0 Å². The summed E-state index contributed by atoms with van der Waals surface area (Å²) in [6, 6.07) is 1.59. The Labute approximate surface area is 77.8 Å². The first-order valence-corrected chi connectivity index (χ1v) is 4.36.